The fourth-order valence-electron chi connectivity index (χ4n) is 6.86. The maximum Gasteiger partial charge on any atom is 0.161 e. The van der Waals surface area contributed by atoms with Crippen molar-refractivity contribution in [2.45, 2.75) is 12.8 Å². The topological polar surface area (TPSA) is 25.8 Å². The number of thiophene rings is 1. The minimum Gasteiger partial charge on any atom is -0.227 e. The molecule has 0 spiro atoms. The Bertz CT molecular complexity index is 2540. The monoisotopic (exact) mass is 644 g/mol. The summed E-state index contributed by atoms with van der Waals surface area (Å²) >= 11 is 1.73. The van der Waals surface area contributed by atoms with Crippen LogP contribution < -0.4 is 0 Å². The van der Waals surface area contributed by atoms with Crippen LogP contribution in [0.4, 0.5) is 0 Å². The van der Waals surface area contributed by atoms with Crippen LogP contribution in [0.15, 0.2) is 170 Å². The average molecular weight is 645 g/mol. The van der Waals surface area contributed by atoms with Gasteiger partial charge < -0.3 is 0 Å². The summed E-state index contributed by atoms with van der Waals surface area (Å²) in [5.41, 5.74) is 12.8. The molecule has 0 fully saturated rings. The average Bonchev–Trinajstić information content (AvgIpc) is 3.57. The molecule has 2 heterocycles. The molecule has 0 bridgehead atoms. The molecule has 8 aromatic rings. The van der Waals surface area contributed by atoms with Crippen LogP contribution in [0, 0.1) is 0 Å². The Kier molecular flexibility index (Phi) is 7.53. The SMILES string of the molecule is C1=CC(c2cc(-c3ccccc3)cc(-c3cccc(-c4cccc(-c5nc(-c6ccccc6)nc6sc7ccccc7c56)c4)c3)c2)=CCC1. The molecule has 49 heavy (non-hydrogen) atoms. The Hall–Kier alpha value is -5.90. The molecular formula is C46H32N2S. The molecule has 0 amide bonds. The van der Waals surface area contributed by atoms with Gasteiger partial charge in [0.2, 0.25) is 0 Å². The lowest BCUT2D eigenvalue weighted by Gasteiger charge is -2.14. The summed E-state index contributed by atoms with van der Waals surface area (Å²) < 4.78 is 1.22. The van der Waals surface area contributed by atoms with E-state index in [1.807, 2.05) is 18.2 Å². The first kappa shape index (κ1) is 29.3. The maximum absolute atomic E-state index is 5.24. The van der Waals surface area contributed by atoms with Crippen LogP contribution in [0.2, 0.25) is 0 Å². The number of hydrogen-bond acceptors (Lipinski definition) is 3. The summed E-state index contributed by atoms with van der Waals surface area (Å²) in [6.45, 7) is 0. The summed E-state index contributed by atoms with van der Waals surface area (Å²) in [6, 6.07) is 54.3. The normalized spacial score (nSPS) is 12.8. The van der Waals surface area contributed by atoms with Crippen LogP contribution in [-0.4, -0.2) is 9.97 Å². The highest BCUT2D eigenvalue weighted by atomic mass is 32.1. The molecule has 0 saturated heterocycles. The maximum atomic E-state index is 5.24. The molecule has 2 aromatic heterocycles. The standard InChI is InChI=1S/C46H32N2S/c1-4-14-31(15-5-1)38-28-39(32-16-6-2-7-17-32)30-40(29-38)36-22-12-20-34(26-36)35-21-13-23-37(27-35)44-43-41-24-10-11-25-42(41)49-46(43)48-45(47-44)33-18-8-3-9-19-33/h1,3-6,8-30H,2,7H2. The van der Waals surface area contributed by atoms with Gasteiger partial charge in [0.25, 0.3) is 0 Å². The third-order valence-electron chi connectivity index (χ3n) is 9.30. The molecule has 0 N–H and O–H groups in total. The van der Waals surface area contributed by atoms with Crippen LogP contribution in [0.25, 0.3) is 81.9 Å². The molecule has 9 rings (SSSR count). The lowest BCUT2D eigenvalue weighted by Crippen LogP contribution is -1.94. The highest BCUT2D eigenvalue weighted by Gasteiger charge is 2.17. The first-order valence-electron chi connectivity index (χ1n) is 16.8. The zero-order valence-electron chi connectivity index (χ0n) is 26.9. The van der Waals surface area contributed by atoms with Gasteiger partial charge in [-0.25, -0.2) is 9.97 Å². The highest BCUT2D eigenvalue weighted by molar-refractivity contribution is 7.25. The van der Waals surface area contributed by atoms with Crippen molar-refractivity contribution in [1.29, 1.82) is 0 Å². The third kappa shape index (κ3) is 5.69. The Labute approximate surface area is 290 Å². The zero-order valence-corrected chi connectivity index (χ0v) is 27.7. The minimum atomic E-state index is 0.749. The number of rotatable bonds is 6. The fraction of sp³-hybridized carbons (Fsp3) is 0.0435. The molecule has 0 atom stereocenters. The lowest BCUT2D eigenvalue weighted by molar-refractivity contribution is 1.04. The molecule has 0 unspecified atom stereocenters. The first-order chi connectivity index (χ1) is 24.3. The number of hydrogen-bond donors (Lipinski definition) is 0. The molecule has 1 aliphatic rings. The van der Waals surface area contributed by atoms with Gasteiger partial charge in [0.15, 0.2) is 5.82 Å². The zero-order chi connectivity index (χ0) is 32.6. The van der Waals surface area contributed by atoms with Crippen molar-refractivity contribution in [2.75, 3.05) is 0 Å². The van der Waals surface area contributed by atoms with Gasteiger partial charge in [-0.1, -0.05) is 133 Å². The molecule has 0 radical (unpaired) electrons. The third-order valence-corrected chi connectivity index (χ3v) is 10.4. The van der Waals surface area contributed by atoms with Crippen LogP contribution >= 0.6 is 11.3 Å². The van der Waals surface area contributed by atoms with E-state index in [0.717, 1.165) is 51.3 Å². The Morgan fingerprint density at radius 3 is 1.76 bits per heavy atom. The van der Waals surface area contributed by atoms with Gasteiger partial charge in [0.1, 0.15) is 4.83 Å². The summed E-state index contributed by atoms with van der Waals surface area (Å²) in [6.07, 6.45) is 9.09. The van der Waals surface area contributed by atoms with Crippen LogP contribution in [0.3, 0.4) is 0 Å². The number of aromatic nitrogens is 2. The number of allylic oxidation sites excluding steroid dienone is 4. The van der Waals surface area contributed by atoms with Crippen molar-refractivity contribution in [1.82, 2.24) is 9.97 Å². The van der Waals surface area contributed by atoms with E-state index < -0.39 is 0 Å². The quantitative estimate of drug-likeness (QED) is 0.180. The van der Waals surface area contributed by atoms with Crippen molar-refractivity contribution in [2.24, 2.45) is 0 Å². The van der Waals surface area contributed by atoms with Gasteiger partial charge in [0.05, 0.1) is 5.69 Å². The van der Waals surface area contributed by atoms with Crippen molar-refractivity contribution >= 4 is 37.2 Å². The summed E-state index contributed by atoms with van der Waals surface area (Å²) in [4.78, 5) is 11.3. The van der Waals surface area contributed by atoms with Gasteiger partial charge in [-0.3, -0.25) is 0 Å². The molecule has 2 nitrogen and oxygen atoms in total. The lowest BCUT2D eigenvalue weighted by atomic mass is 9.90. The molecule has 232 valence electrons. The fourth-order valence-corrected chi connectivity index (χ4v) is 7.93. The van der Waals surface area contributed by atoms with Crippen LogP contribution in [-0.2, 0) is 0 Å². The van der Waals surface area contributed by atoms with Gasteiger partial charge in [-0.05, 0) is 93.8 Å². The second kappa shape index (κ2) is 12.6. The molecule has 6 aromatic carbocycles. The summed E-state index contributed by atoms with van der Waals surface area (Å²) in [7, 11) is 0. The van der Waals surface area contributed by atoms with E-state index in [9.17, 15) is 0 Å². The van der Waals surface area contributed by atoms with Crippen LogP contribution in [0.5, 0.6) is 0 Å². The van der Waals surface area contributed by atoms with E-state index in [-0.39, 0.29) is 0 Å². The van der Waals surface area contributed by atoms with Gasteiger partial charge in [-0.15, -0.1) is 11.3 Å². The molecule has 3 heteroatoms. The molecule has 0 aliphatic heterocycles. The molecule has 0 saturated carbocycles. The summed E-state index contributed by atoms with van der Waals surface area (Å²) in [5.74, 6) is 0.749. The van der Waals surface area contributed by atoms with Crippen molar-refractivity contribution in [3.8, 4) is 56.0 Å². The smallest absolute Gasteiger partial charge is 0.161 e. The van der Waals surface area contributed by atoms with Gasteiger partial charge in [0, 0.05) is 26.6 Å². The van der Waals surface area contributed by atoms with Crippen LogP contribution in [0.1, 0.15) is 18.4 Å². The predicted octanol–water partition coefficient (Wildman–Crippen LogP) is 12.9. The second-order valence-electron chi connectivity index (χ2n) is 12.5. The number of benzene rings is 6. The summed E-state index contributed by atoms with van der Waals surface area (Å²) in [5, 5.41) is 2.31. The Morgan fingerprint density at radius 2 is 1.02 bits per heavy atom. The van der Waals surface area contributed by atoms with Crippen molar-refractivity contribution in [3.05, 3.63) is 175 Å². The van der Waals surface area contributed by atoms with E-state index in [1.165, 1.54) is 49.0 Å². The van der Waals surface area contributed by atoms with E-state index in [2.05, 4.69) is 152 Å². The number of fused-ring (bicyclic) bond motifs is 3. The molecular weight excluding hydrogens is 613 g/mol. The van der Waals surface area contributed by atoms with E-state index >= 15 is 0 Å². The highest BCUT2D eigenvalue weighted by Crippen LogP contribution is 2.41. The van der Waals surface area contributed by atoms with E-state index in [4.69, 9.17) is 9.97 Å². The van der Waals surface area contributed by atoms with Crippen molar-refractivity contribution in [3.63, 3.8) is 0 Å². The van der Waals surface area contributed by atoms with E-state index in [0.29, 0.717) is 0 Å². The van der Waals surface area contributed by atoms with E-state index in [1.54, 1.807) is 11.3 Å². The Balaban J connectivity index is 1.17. The van der Waals surface area contributed by atoms with Crippen molar-refractivity contribution < 1.29 is 0 Å². The first-order valence-corrected chi connectivity index (χ1v) is 17.6. The Morgan fingerprint density at radius 1 is 0.449 bits per heavy atom. The largest absolute Gasteiger partial charge is 0.227 e. The van der Waals surface area contributed by atoms with Gasteiger partial charge in [-0.2, -0.15) is 0 Å². The molecule has 1 aliphatic carbocycles. The predicted molar refractivity (Wildman–Crippen MR) is 208 cm³/mol. The number of nitrogens with zero attached hydrogens (tertiary/aromatic N) is 2. The minimum absolute atomic E-state index is 0.749. The second-order valence-corrected chi connectivity index (χ2v) is 13.5. The van der Waals surface area contributed by atoms with Gasteiger partial charge >= 0.3 is 0 Å².